The van der Waals surface area contributed by atoms with Crippen LogP contribution >= 0.6 is 34.5 Å². The van der Waals surface area contributed by atoms with Crippen LogP contribution in [0.4, 0.5) is 5.13 Å². The Kier molecular flexibility index (Phi) is 5.19. The minimum Gasteiger partial charge on any atom is -0.298 e. The summed E-state index contributed by atoms with van der Waals surface area (Å²) in [6.07, 6.45) is 2.37. The van der Waals surface area contributed by atoms with E-state index in [1.165, 1.54) is 11.3 Å². The largest absolute Gasteiger partial charge is 0.298 e. The summed E-state index contributed by atoms with van der Waals surface area (Å²) in [5.74, 6) is -0.158. The maximum atomic E-state index is 12.3. The van der Waals surface area contributed by atoms with Crippen molar-refractivity contribution in [2.24, 2.45) is 0 Å². The highest BCUT2D eigenvalue weighted by atomic mass is 35.5. The lowest BCUT2D eigenvalue weighted by Gasteiger charge is -2.05. The summed E-state index contributed by atoms with van der Waals surface area (Å²) in [4.78, 5) is 17.6. The zero-order valence-electron chi connectivity index (χ0n) is 12.8. The molecule has 0 fully saturated rings. The number of aryl methyl sites for hydroxylation is 1. The molecule has 0 spiro atoms. The lowest BCUT2D eigenvalue weighted by atomic mass is 10.1. The molecule has 1 aromatic heterocycles. The number of carbonyl (C=O) groups is 1. The summed E-state index contributed by atoms with van der Waals surface area (Å²) < 4.78 is 0. The molecule has 0 unspecified atom stereocenters. The second kappa shape index (κ2) is 7.34. The van der Waals surface area contributed by atoms with Gasteiger partial charge in [-0.3, -0.25) is 10.1 Å². The molecule has 0 aliphatic rings. The van der Waals surface area contributed by atoms with E-state index in [0.717, 1.165) is 16.0 Å². The van der Waals surface area contributed by atoms with E-state index in [4.69, 9.17) is 23.2 Å². The van der Waals surface area contributed by atoms with Crippen LogP contribution in [0.2, 0.25) is 10.0 Å². The Morgan fingerprint density at radius 2 is 1.96 bits per heavy atom. The normalized spacial score (nSPS) is 10.6. The second-order valence-electron chi connectivity index (χ2n) is 5.29. The van der Waals surface area contributed by atoms with E-state index in [9.17, 15) is 4.79 Å². The topological polar surface area (TPSA) is 42.0 Å². The summed E-state index contributed by atoms with van der Waals surface area (Å²) in [5.41, 5.74) is 2.51. The number of hydrogen-bond acceptors (Lipinski definition) is 3. The first-order valence-electron chi connectivity index (χ1n) is 7.29. The van der Waals surface area contributed by atoms with Gasteiger partial charge in [0, 0.05) is 23.1 Å². The molecular weight excluding hydrogens is 363 g/mol. The SMILES string of the molecule is Cc1ccccc1C(=O)Nc1ncc(Cc2cccc(Cl)c2Cl)s1. The summed E-state index contributed by atoms with van der Waals surface area (Å²) in [6, 6.07) is 13.0. The molecule has 0 saturated carbocycles. The third kappa shape index (κ3) is 3.78. The summed E-state index contributed by atoms with van der Waals surface area (Å²) in [7, 11) is 0. The smallest absolute Gasteiger partial charge is 0.257 e. The fraction of sp³-hybridized carbons (Fsp3) is 0.111. The van der Waals surface area contributed by atoms with Gasteiger partial charge < -0.3 is 0 Å². The van der Waals surface area contributed by atoms with Crippen molar-refractivity contribution in [3.63, 3.8) is 0 Å². The highest BCUT2D eigenvalue weighted by Crippen LogP contribution is 2.29. The Balaban J connectivity index is 1.73. The number of carbonyl (C=O) groups excluding carboxylic acids is 1. The molecule has 0 aliphatic heterocycles. The Bertz CT molecular complexity index is 892. The molecule has 0 radical (unpaired) electrons. The Morgan fingerprint density at radius 3 is 2.75 bits per heavy atom. The van der Waals surface area contributed by atoms with Crippen LogP contribution in [0.1, 0.15) is 26.4 Å². The van der Waals surface area contributed by atoms with E-state index < -0.39 is 0 Å². The van der Waals surface area contributed by atoms with E-state index in [0.29, 0.717) is 27.2 Å². The first-order chi connectivity index (χ1) is 11.5. The van der Waals surface area contributed by atoms with Crippen molar-refractivity contribution in [1.82, 2.24) is 4.98 Å². The van der Waals surface area contributed by atoms with E-state index in [1.54, 1.807) is 18.3 Å². The van der Waals surface area contributed by atoms with Gasteiger partial charge in [-0.1, -0.05) is 53.5 Å². The van der Waals surface area contributed by atoms with E-state index in [2.05, 4.69) is 10.3 Å². The molecule has 1 heterocycles. The van der Waals surface area contributed by atoms with Gasteiger partial charge in [0.15, 0.2) is 5.13 Å². The van der Waals surface area contributed by atoms with Gasteiger partial charge in [0.2, 0.25) is 0 Å². The van der Waals surface area contributed by atoms with E-state index in [-0.39, 0.29) is 5.91 Å². The number of halogens is 2. The molecule has 0 bridgehead atoms. The summed E-state index contributed by atoms with van der Waals surface area (Å²) in [6.45, 7) is 1.91. The first-order valence-corrected chi connectivity index (χ1v) is 8.86. The van der Waals surface area contributed by atoms with Crippen molar-refractivity contribution in [2.75, 3.05) is 5.32 Å². The van der Waals surface area contributed by atoms with Crippen LogP contribution in [0.25, 0.3) is 0 Å². The first kappa shape index (κ1) is 17.0. The third-order valence-corrected chi connectivity index (χ3v) is 5.33. The third-order valence-electron chi connectivity index (χ3n) is 3.56. The maximum absolute atomic E-state index is 12.3. The highest BCUT2D eigenvalue weighted by Gasteiger charge is 2.12. The maximum Gasteiger partial charge on any atom is 0.257 e. The van der Waals surface area contributed by atoms with Crippen molar-refractivity contribution >= 4 is 45.6 Å². The van der Waals surface area contributed by atoms with Crippen LogP contribution in [0, 0.1) is 6.92 Å². The predicted octanol–water partition coefficient (Wildman–Crippen LogP) is 5.60. The predicted molar refractivity (Wildman–Crippen MR) is 101 cm³/mol. The van der Waals surface area contributed by atoms with Crippen LogP contribution in [0.5, 0.6) is 0 Å². The zero-order chi connectivity index (χ0) is 17.1. The van der Waals surface area contributed by atoms with Gasteiger partial charge in [-0.25, -0.2) is 4.98 Å². The van der Waals surface area contributed by atoms with Gasteiger partial charge in [0.1, 0.15) is 0 Å². The number of hydrogen-bond donors (Lipinski definition) is 1. The minimum absolute atomic E-state index is 0.158. The van der Waals surface area contributed by atoms with Gasteiger partial charge in [-0.2, -0.15) is 0 Å². The molecule has 24 heavy (non-hydrogen) atoms. The Labute approximate surface area is 154 Å². The number of aromatic nitrogens is 1. The summed E-state index contributed by atoms with van der Waals surface area (Å²) >= 11 is 13.7. The Hall–Kier alpha value is -1.88. The van der Waals surface area contributed by atoms with Crippen molar-refractivity contribution < 1.29 is 4.79 Å². The number of benzene rings is 2. The average molecular weight is 377 g/mol. The molecular formula is C18H14Cl2N2OS. The fourth-order valence-corrected chi connectivity index (χ4v) is 3.53. The number of amides is 1. The van der Waals surface area contributed by atoms with Crippen LogP contribution in [-0.2, 0) is 6.42 Å². The second-order valence-corrected chi connectivity index (χ2v) is 7.19. The van der Waals surface area contributed by atoms with E-state index >= 15 is 0 Å². The van der Waals surface area contributed by atoms with Gasteiger partial charge in [-0.05, 0) is 30.2 Å². The number of nitrogens with zero attached hydrogens (tertiary/aromatic N) is 1. The molecule has 1 amide bonds. The molecule has 0 aliphatic carbocycles. The van der Waals surface area contributed by atoms with Gasteiger partial charge in [-0.15, -0.1) is 11.3 Å². The number of nitrogens with one attached hydrogen (secondary N) is 1. The van der Waals surface area contributed by atoms with Gasteiger partial charge >= 0.3 is 0 Å². The summed E-state index contributed by atoms with van der Waals surface area (Å²) in [5, 5.41) is 4.49. The zero-order valence-corrected chi connectivity index (χ0v) is 15.2. The van der Waals surface area contributed by atoms with Gasteiger partial charge in [0.25, 0.3) is 5.91 Å². The van der Waals surface area contributed by atoms with Crippen LogP contribution in [0.3, 0.4) is 0 Å². The van der Waals surface area contributed by atoms with Crippen molar-refractivity contribution in [3.05, 3.63) is 80.3 Å². The standard InChI is InChI=1S/C18H14Cl2N2OS/c1-11-5-2-3-7-14(11)17(23)22-18-21-10-13(24-18)9-12-6-4-8-15(19)16(12)20/h2-8,10H,9H2,1H3,(H,21,22,23). The van der Waals surface area contributed by atoms with Crippen molar-refractivity contribution in [1.29, 1.82) is 0 Å². The number of anilines is 1. The molecule has 3 aromatic rings. The van der Waals surface area contributed by atoms with Crippen LogP contribution in [-0.4, -0.2) is 10.9 Å². The molecule has 0 saturated heterocycles. The average Bonchev–Trinajstić information content (AvgIpc) is 2.99. The monoisotopic (exact) mass is 376 g/mol. The lowest BCUT2D eigenvalue weighted by Crippen LogP contribution is -2.12. The quantitative estimate of drug-likeness (QED) is 0.643. The van der Waals surface area contributed by atoms with Crippen molar-refractivity contribution in [3.8, 4) is 0 Å². The highest BCUT2D eigenvalue weighted by molar-refractivity contribution is 7.15. The van der Waals surface area contributed by atoms with Crippen LogP contribution < -0.4 is 5.32 Å². The fourth-order valence-electron chi connectivity index (χ4n) is 2.31. The molecule has 0 atom stereocenters. The number of thiazole rings is 1. The molecule has 1 N–H and O–H groups in total. The van der Waals surface area contributed by atoms with Gasteiger partial charge in [0.05, 0.1) is 10.0 Å². The Morgan fingerprint density at radius 1 is 1.17 bits per heavy atom. The molecule has 2 aromatic carbocycles. The lowest BCUT2D eigenvalue weighted by molar-refractivity contribution is 0.102. The number of rotatable bonds is 4. The molecule has 122 valence electrons. The van der Waals surface area contributed by atoms with Crippen LogP contribution in [0.15, 0.2) is 48.7 Å². The van der Waals surface area contributed by atoms with Crippen molar-refractivity contribution in [2.45, 2.75) is 13.3 Å². The molecule has 6 heteroatoms. The molecule has 3 rings (SSSR count). The molecule has 3 nitrogen and oxygen atoms in total. The minimum atomic E-state index is -0.158. The van der Waals surface area contributed by atoms with E-state index in [1.807, 2.05) is 37.3 Å².